The van der Waals surface area contributed by atoms with E-state index in [-0.39, 0.29) is 5.91 Å². The quantitative estimate of drug-likeness (QED) is 0.891. The Hall–Kier alpha value is -1.82. The number of nitrogens with zero attached hydrogens (tertiary/aromatic N) is 1. The van der Waals surface area contributed by atoms with Crippen molar-refractivity contribution in [1.29, 1.82) is 5.26 Å². The van der Waals surface area contributed by atoms with Gasteiger partial charge in [0.15, 0.2) is 0 Å². The SMILES string of the molecule is Cc1cccc(C(=O)NC2(C#N)CCCCCCC2)c1C. The molecule has 1 amide bonds. The number of hydrogen-bond acceptors (Lipinski definition) is 2. The van der Waals surface area contributed by atoms with Crippen LogP contribution in [0, 0.1) is 25.2 Å². The monoisotopic (exact) mass is 284 g/mol. The highest BCUT2D eigenvalue weighted by Gasteiger charge is 2.32. The second-order valence-corrected chi connectivity index (χ2v) is 6.16. The standard InChI is InChI=1S/C18H24N2O/c1-14-9-8-10-16(15(14)2)17(21)20-18(13-19)11-6-4-3-5-7-12-18/h8-10H,3-7,11-12H2,1-2H3,(H,20,21). The van der Waals surface area contributed by atoms with Crippen molar-refractivity contribution in [3.8, 4) is 6.07 Å². The Morgan fingerprint density at radius 3 is 2.38 bits per heavy atom. The Morgan fingerprint density at radius 1 is 1.14 bits per heavy atom. The maximum Gasteiger partial charge on any atom is 0.252 e. The van der Waals surface area contributed by atoms with Crippen LogP contribution in [-0.4, -0.2) is 11.4 Å². The van der Waals surface area contributed by atoms with Gasteiger partial charge in [-0.1, -0.05) is 44.2 Å². The molecule has 0 aromatic heterocycles. The number of carbonyl (C=O) groups excluding carboxylic acids is 1. The van der Waals surface area contributed by atoms with Crippen molar-refractivity contribution < 1.29 is 4.79 Å². The Morgan fingerprint density at radius 2 is 1.76 bits per heavy atom. The lowest BCUT2D eigenvalue weighted by Crippen LogP contribution is -2.48. The first-order valence-corrected chi connectivity index (χ1v) is 7.88. The maximum absolute atomic E-state index is 12.6. The zero-order chi connectivity index (χ0) is 15.3. The molecule has 0 atom stereocenters. The maximum atomic E-state index is 12.6. The van der Waals surface area contributed by atoms with Crippen LogP contribution in [0.1, 0.15) is 66.4 Å². The minimum atomic E-state index is -0.687. The van der Waals surface area contributed by atoms with E-state index in [2.05, 4.69) is 11.4 Å². The molecule has 0 saturated heterocycles. The van der Waals surface area contributed by atoms with E-state index in [1.54, 1.807) is 0 Å². The van der Waals surface area contributed by atoms with Gasteiger partial charge in [0.05, 0.1) is 6.07 Å². The number of hydrogen-bond donors (Lipinski definition) is 1. The van der Waals surface area contributed by atoms with Crippen LogP contribution in [0.15, 0.2) is 18.2 Å². The van der Waals surface area contributed by atoms with E-state index in [1.165, 1.54) is 6.42 Å². The predicted octanol–water partition coefficient (Wildman–Crippen LogP) is 4.04. The highest BCUT2D eigenvalue weighted by atomic mass is 16.1. The fourth-order valence-electron chi connectivity index (χ4n) is 3.06. The number of nitrogens with one attached hydrogen (secondary N) is 1. The van der Waals surface area contributed by atoms with Crippen molar-refractivity contribution >= 4 is 5.91 Å². The smallest absolute Gasteiger partial charge is 0.252 e. The molecule has 21 heavy (non-hydrogen) atoms. The van der Waals surface area contributed by atoms with Gasteiger partial charge in [-0.05, 0) is 43.9 Å². The van der Waals surface area contributed by atoms with Gasteiger partial charge in [-0.25, -0.2) is 0 Å². The molecule has 0 bridgehead atoms. The highest BCUT2D eigenvalue weighted by molar-refractivity contribution is 5.96. The Balaban J connectivity index is 2.19. The van der Waals surface area contributed by atoms with Crippen LogP contribution >= 0.6 is 0 Å². The van der Waals surface area contributed by atoms with Crippen molar-refractivity contribution in [3.63, 3.8) is 0 Å². The second kappa shape index (κ2) is 6.76. The minimum absolute atomic E-state index is 0.113. The minimum Gasteiger partial charge on any atom is -0.334 e. The van der Waals surface area contributed by atoms with E-state index in [0.29, 0.717) is 5.56 Å². The normalized spacial score (nSPS) is 18.1. The average Bonchev–Trinajstić information content (AvgIpc) is 2.45. The summed E-state index contributed by atoms with van der Waals surface area (Å²) in [5.74, 6) is -0.113. The molecule has 0 radical (unpaired) electrons. The molecule has 1 aromatic carbocycles. The van der Waals surface area contributed by atoms with Crippen LogP contribution in [-0.2, 0) is 0 Å². The molecule has 1 aromatic rings. The third-order valence-electron chi connectivity index (χ3n) is 4.62. The molecule has 112 valence electrons. The summed E-state index contributed by atoms with van der Waals surface area (Å²) in [6.07, 6.45) is 7.11. The lowest BCUT2D eigenvalue weighted by atomic mass is 9.84. The molecule has 1 saturated carbocycles. The van der Waals surface area contributed by atoms with Crippen molar-refractivity contribution in [2.75, 3.05) is 0 Å². The van der Waals surface area contributed by atoms with Crippen LogP contribution in [0.3, 0.4) is 0 Å². The second-order valence-electron chi connectivity index (χ2n) is 6.16. The molecule has 3 nitrogen and oxygen atoms in total. The summed E-state index contributed by atoms with van der Waals surface area (Å²) in [5, 5.41) is 12.6. The van der Waals surface area contributed by atoms with Crippen molar-refractivity contribution in [2.45, 2.75) is 64.3 Å². The Kier molecular flexibility index (Phi) is 5.01. The molecule has 2 rings (SSSR count). The summed E-state index contributed by atoms with van der Waals surface area (Å²) >= 11 is 0. The van der Waals surface area contributed by atoms with Crippen LogP contribution in [0.4, 0.5) is 0 Å². The van der Waals surface area contributed by atoms with Gasteiger partial charge in [0.25, 0.3) is 5.91 Å². The summed E-state index contributed by atoms with van der Waals surface area (Å²) in [5.41, 5.74) is 2.10. The number of nitriles is 1. The van der Waals surface area contributed by atoms with E-state index < -0.39 is 5.54 Å². The Labute approximate surface area is 127 Å². The van der Waals surface area contributed by atoms with Gasteiger partial charge in [-0.2, -0.15) is 5.26 Å². The molecule has 1 N–H and O–H groups in total. The average molecular weight is 284 g/mol. The summed E-state index contributed by atoms with van der Waals surface area (Å²) in [4.78, 5) is 12.6. The Bertz CT molecular complexity index is 549. The summed E-state index contributed by atoms with van der Waals surface area (Å²) in [6.45, 7) is 3.96. The summed E-state index contributed by atoms with van der Waals surface area (Å²) < 4.78 is 0. The predicted molar refractivity (Wildman–Crippen MR) is 84.0 cm³/mol. The molecule has 0 aliphatic heterocycles. The molecule has 0 spiro atoms. The van der Waals surface area contributed by atoms with Gasteiger partial charge in [-0.3, -0.25) is 4.79 Å². The van der Waals surface area contributed by atoms with Crippen LogP contribution in [0.5, 0.6) is 0 Å². The number of rotatable bonds is 2. The summed E-state index contributed by atoms with van der Waals surface area (Å²) in [7, 11) is 0. The lowest BCUT2D eigenvalue weighted by molar-refractivity contribution is 0.0907. The van der Waals surface area contributed by atoms with E-state index >= 15 is 0 Å². The zero-order valence-corrected chi connectivity index (χ0v) is 13.0. The summed E-state index contributed by atoms with van der Waals surface area (Å²) in [6, 6.07) is 8.13. The van der Waals surface area contributed by atoms with E-state index in [0.717, 1.165) is 49.7 Å². The third-order valence-corrected chi connectivity index (χ3v) is 4.62. The lowest BCUT2D eigenvalue weighted by Gasteiger charge is -2.30. The highest BCUT2D eigenvalue weighted by Crippen LogP contribution is 2.26. The van der Waals surface area contributed by atoms with E-state index in [1.807, 2.05) is 32.0 Å². The number of carbonyl (C=O) groups is 1. The number of aryl methyl sites for hydroxylation is 1. The van der Waals surface area contributed by atoms with Gasteiger partial charge < -0.3 is 5.32 Å². The van der Waals surface area contributed by atoms with Gasteiger partial charge >= 0.3 is 0 Å². The fraction of sp³-hybridized carbons (Fsp3) is 0.556. The molecule has 1 fully saturated rings. The first-order chi connectivity index (χ1) is 10.1. The van der Waals surface area contributed by atoms with E-state index in [4.69, 9.17) is 0 Å². The molecule has 1 aliphatic rings. The van der Waals surface area contributed by atoms with Crippen molar-refractivity contribution in [3.05, 3.63) is 34.9 Å². The zero-order valence-electron chi connectivity index (χ0n) is 13.0. The van der Waals surface area contributed by atoms with Crippen LogP contribution < -0.4 is 5.32 Å². The third kappa shape index (κ3) is 3.64. The van der Waals surface area contributed by atoms with Crippen LogP contribution in [0.2, 0.25) is 0 Å². The van der Waals surface area contributed by atoms with Gasteiger partial charge in [0, 0.05) is 5.56 Å². The van der Waals surface area contributed by atoms with Crippen molar-refractivity contribution in [1.82, 2.24) is 5.32 Å². The molecular weight excluding hydrogens is 260 g/mol. The number of amides is 1. The van der Waals surface area contributed by atoms with Gasteiger partial charge in [-0.15, -0.1) is 0 Å². The molecule has 1 aliphatic carbocycles. The number of benzene rings is 1. The first-order valence-electron chi connectivity index (χ1n) is 7.88. The molecule has 0 unspecified atom stereocenters. The molecular formula is C18H24N2O. The first kappa shape index (κ1) is 15.6. The van der Waals surface area contributed by atoms with Crippen molar-refractivity contribution in [2.24, 2.45) is 0 Å². The molecule has 3 heteroatoms. The van der Waals surface area contributed by atoms with E-state index in [9.17, 15) is 10.1 Å². The van der Waals surface area contributed by atoms with Gasteiger partial charge in [0.2, 0.25) is 0 Å². The largest absolute Gasteiger partial charge is 0.334 e. The molecule has 0 heterocycles. The van der Waals surface area contributed by atoms with Gasteiger partial charge in [0.1, 0.15) is 5.54 Å². The fourth-order valence-corrected chi connectivity index (χ4v) is 3.06. The van der Waals surface area contributed by atoms with Crippen LogP contribution in [0.25, 0.3) is 0 Å². The topological polar surface area (TPSA) is 52.9 Å².